The number of hydrogen-bond donors (Lipinski definition) is 2. The Morgan fingerprint density at radius 1 is 1.47 bits per heavy atom. The number of carbonyl (C=O) groups is 1. The minimum Gasteiger partial charge on any atom is -0.479 e. The summed E-state index contributed by atoms with van der Waals surface area (Å²) in [6.45, 7) is 1.39. The van der Waals surface area contributed by atoms with Gasteiger partial charge in [0.15, 0.2) is 6.10 Å². The molecule has 0 aliphatic rings. The van der Waals surface area contributed by atoms with Crippen LogP contribution in [-0.4, -0.2) is 20.4 Å². The highest BCUT2D eigenvalue weighted by Crippen LogP contribution is 2.27. The second-order valence-electron chi connectivity index (χ2n) is 3.30. The number of sulfonamides is 1. The molecule has 1 rings (SSSR count). The van der Waals surface area contributed by atoms with E-state index >= 15 is 0 Å². The van der Waals surface area contributed by atoms with Gasteiger partial charge in [0.1, 0.15) is 10.6 Å². The van der Waals surface area contributed by atoms with Crippen molar-refractivity contribution in [2.24, 2.45) is 10.9 Å². The summed E-state index contributed by atoms with van der Waals surface area (Å²) in [6, 6.07) is 3.86. The standard InChI is InChI=1S/C9H11ClN2O4S/c1-5(9(11)13)16-7-3-2-6(10)4-8(7)17(12,14)15/h2-5H,1H3,(H2,11,13)(H2,12,14,15). The summed E-state index contributed by atoms with van der Waals surface area (Å²) in [5.41, 5.74) is 5.00. The Morgan fingerprint density at radius 3 is 2.53 bits per heavy atom. The van der Waals surface area contributed by atoms with E-state index in [1.54, 1.807) is 0 Å². The number of amides is 1. The van der Waals surface area contributed by atoms with E-state index in [9.17, 15) is 13.2 Å². The topological polar surface area (TPSA) is 112 Å². The first-order chi connectivity index (χ1) is 7.71. The molecule has 0 aliphatic carbocycles. The van der Waals surface area contributed by atoms with Crippen LogP contribution in [-0.2, 0) is 14.8 Å². The molecule has 94 valence electrons. The average molecular weight is 279 g/mol. The van der Waals surface area contributed by atoms with Crippen LogP contribution in [0.25, 0.3) is 0 Å². The number of primary amides is 1. The second-order valence-corrected chi connectivity index (χ2v) is 5.26. The zero-order valence-corrected chi connectivity index (χ0v) is 10.5. The number of benzene rings is 1. The fourth-order valence-electron chi connectivity index (χ4n) is 1.05. The molecule has 0 heterocycles. The first kappa shape index (κ1) is 13.8. The van der Waals surface area contributed by atoms with Gasteiger partial charge in [-0.2, -0.15) is 0 Å². The molecule has 1 amide bonds. The summed E-state index contributed by atoms with van der Waals surface area (Å²) in [5, 5.41) is 5.18. The molecule has 1 aromatic carbocycles. The number of ether oxygens (including phenoxy) is 1. The van der Waals surface area contributed by atoms with E-state index in [0.29, 0.717) is 0 Å². The zero-order chi connectivity index (χ0) is 13.2. The molecule has 0 saturated heterocycles. The predicted octanol–water partition coefficient (Wildman–Crippen LogP) is 0.240. The Hall–Kier alpha value is -1.31. The van der Waals surface area contributed by atoms with Crippen molar-refractivity contribution in [1.29, 1.82) is 0 Å². The van der Waals surface area contributed by atoms with E-state index in [-0.39, 0.29) is 15.7 Å². The fourth-order valence-corrected chi connectivity index (χ4v) is 1.97. The molecule has 1 atom stereocenters. The molecule has 0 aliphatic heterocycles. The van der Waals surface area contributed by atoms with Crippen molar-refractivity contribution in [2.75, 3.05) is 0 Å². The van der Waals surface area contributed by atoms with Gasteiger partial charge in [-0.05, 0) is 25.1 Å². The molecule has 6 nitrogen and oxygen atoms in total. The van der Waals surface area contributed by atoms with Gasteiger partial charge in [-0.15, -0.1) is 0 Å². The average Bonchev–Trinajstić information content (AvgIpc) is 2.18. The van der Waals surface area contributed by atoms with Gasteiger partial charge in [0.2, 0.25) is 10.0 Å². The van der Waals surface area contributed by atoms with Crippen molar-refractivity contribution in [1.82, 2.24) is 0 Å². The highest BCUT2D eigenvalue weighted by atomic mass is 35.5. The van der Waals surface area contributed by atoms with E-state index in [0.717, 1.165) is 6.07 Å². The molecule has 0 saturated carbocycles. The van der Waals surface area contributed by atoms with E-state index in [1.165, 1.54) is 19.1 Å². The summed E-state index contributed by atoms with van der Waals surface area (Å²) < 4.78 is 27.7. The van der Waals surface area contributed by atoms with E-state index in [2.05, 4.69) is 0 Å². The van der Waals surface area contributed by atoms with Gasteiger partial charge in [-0.25, -0.2) is 13.6 Å². The first-order valence-corrected chi connectivity index (χ1v) is 6.42. The summed E-state index contributed by atoms with van der Waals surface area (Å²) >= 11 is 5.65. The molecule has 4 N–H and O–H groups in total. The number of halogens is 1. The van der Waals surface area contributed by atoms with Crippen molar-refractivity contribution < 1.29 is 17.9 Å². The second kappa shape index (κ2) is 4.91. The lowest BCUT2D eigenvalue weighted by molar-refractivity contribution is -0.124. The van der Waals surface area contributed by atoms with Crippen LogP contribution in [0.1, 0.15) is 6.92 Å². The highest BCUT2D eigenvalue weighted by Gasteiger charge is 2.19. The van der Waals surface area contributed by atoms with Crippen molar-refractivity contribution >= 4 is 27.5 Å². The zero-order valence-electron chi connectivity index (χ0n) is 8.88. The van der Waals surface area contributed by atoms with E-state index in [1.807, 2.05) is 0 Å². The van der Waals surface area contributed by atoms with E-state index < -0.39 is 22.0 Å². The summed E-state index contributed by atoms with van der Waals surface area (Å²) in [4.78, 5) is 10.5. The van der Waals surface area contributed by atoms with Crippen LogP contribution < -0.4 is 15.6 Å². The maximum absolute atomic E-state index is 11.3. The number of rotatable bonds is 4. The predicted molar refractivity (Wildman–Crippen MR) is 62.1 cm³/mol. The number of hydrogen-bond acceptors (Lipinski definition) is 4. The van der Waals surface area contributed by atoms with Gasteiger partial charge in [-0.3, -0.25) is 4.79 Å². The van der Waals surface area contributed by atoms with Gasteiger partial charge in [0, 0.05) is 5.02 Å². The van der Waals surface area contributed by atoms with Gasteiger partial charge < -0.3 is 10.5 Å². The minimum absolute atomic E-state index is 0.0665. The molecular formula is C9H11ClN2O4S. The maximum atomic E-state index is 11.3. The van der Waals surface area contributed by atoms with Crippen LogP contribution in [0.4, 0.5) is 0 Å². The summed E-state index contributed by atoms with van der Waals surface area (Å²) in [6.07, 6.45) is -0.975. The molecule has 8 heteroatoms. The SMILES string of the molecule is CC(Oc1ccc(Cl)cc1S(N)(=O)=O)C(N)=O. The van der Waals surface area contributed by atoms with Crippen LogP contribution in [0.5, 0.6) is 5.75 Å². The maximum Gasteiger partial charge on any atom is 0.258 e. The third kappa shape index (κ3) is 3.58. The normalized spacial score (nSPS) is 13.1. The van der Waals surface area contributed by atoms with Gasteiger partial charge in [0.05, 0.1) is 0 Å². The Balaban J connectivity index is 3.21. The summed E-state index contributed by atoms with van der Waals surface area (Å²) in [7, 11) is -3.99. The highest BCUT2D eigenvalue weighted by molar-refractivity contribution is 7.89. The van der Waals surface area contributed by atoms with Crippen molar-refractivity contribution in [2.45, 2.75) is 17.9 Å². The summed E-state index contributed by atoms with van der Waals surface area (Å²) in [5.74, 6) is -0.788. The van der Waals surface area contributed by atoms with Crippen LogP contribution in [0.2, 0.25) is 5.02 Å². The molecule has 0 radical (unpaired) electrons. The molecule has 1 unspecified atom stereocenters. The van der Waals surface area contributed by atoms with Crippen molar-refractivity contribution in [3.8, 4) is 5.75 Å². The molecule has 0 fully saturated rings. The van der Waals surface area contributed by atoms with Crippen LogP contribution in [0.3, 0.4) is 0 Å². The smallest absolute Gasteiger partial charge is 0.258 e. The van der Waals surface area contributed by atoms with Crippen LogP contribution in [0.15, 0.2) is 23.1 Å². The van der Waals surface area contributed by atoms with Gasteiger partial charge >= 0.3 is 0 Å². The minimum atomic E-state index is -3.99. The molecule has 0 aromatic heterocycles. The third-order valence-electron chi connectivity index (χ3n) is 1.92. The van der Waals surface area contributed by atoms with Crippen molar-refractivity contribution in [3.63, 3.8) is 0 Å². The monoisotopic (exact) mass is 278 g/mol. The quantitative estimate of drug-likeness (QED) is 0.821. The number of nitrogens with two attached hydrogens (primary N) is 2. The van der Waals surface area contributed by atoms with Crippen LogP contribution in [0, 0.1) is 0 Å². The molecule has 0 bridgehead atoms. The Morgan fingerprint density at radius 2 is 2.06 bits per heavy atom. The Bertz CT molecular complexity index is 544. The molecular weight excluding hydrogens is 268 g/mol. The van der Waals surface area contributed by atoms with E-state index in [4.69, 9.17) is 27.2 Å². The van der Waals surface area contributed by atoms with Crippen LogP contribution >= 0.6 is 11.6 Å². The Kier molecular flexibility index (Phi) is 3.97. The molecule has 0 spiro atoms. The number of carbonyl (C=O) groups excluding carboxylic acids is 1. The fraction of sp³-hybridized carbons (Fsp3) is 0.222. The van der Waals surface area contributed by atoms with Gasteiger partial charge in [0.25, 0.3) is 5.91 Å². The Labute approximate surface area is 104 Å². The van der Waals surface area contributed by atoms with Gasteiger partial charge in [-0.1, -0.05) is 11.6 Å². The lowest BCUT2D eigenvalue weighted by atomic mass is 10.3. The third-order valence-corrected chi connectivity index (χ3v) is 3.08. The molecule has 1 aromatic rings. The lowest BCUT2D eigenvalue weighted by Gasteiger charge is -2.14. The lowest BCUT2D eigenvalue weighted by Crippen LogP contribution is -2.31. The first-order valence-electron chi connectivity index (χ1n) is 4.50. The van der Waals surface area contributed by atoms with Crippen molar-refractivity contribution in [3.05, 3.63) is 23.2 Å². The molecule has 17 heavy (non-hydrogen) atoms. The number of primary sulfonamides is 1. The largest absolute Gasteiger partial charge is 0.479 e.